The summed E-state index contributed by atoms with van der Waals surface area (Å²) in [5, 5.41) is 3.19. The number of nitrogens with zero attached hydrogens (tertiary/aromatic N) is 1. The van der Waals surface area contributed by atoms with Gasteiger partial charge in [-0.1, -0.05) is 26.8 Å². The van der Waals surface area contributed by atoms with Gasteiger partial charge in [0.15, 0.2) is 0 Å². The molecular weight excluding hydrogens is 215 g/mol. The van der Waals surface area contributed by atoms with Crippen molar-refractivity contribution in [3.05, 3.63) is 29.6 Å². The molecule has 17 heavy (non-hydrogen) atoms. The fraction of sp³-hybridized carbons (Fsp3) is 0.571. The number of hydrogen-bond donors (Lipinski definition) is 1. The van der Waals surface area contributed by atoms with E-state index in [1.54, 1.807) is 6.07 Å². The number of rotatable bonds is 6. The monoisotopic (exact) mass is 238 g/mol. The maximum Gasteiger partial charge on any atom is 0.146 e. The minimum Gasteiger partial charge on any atom is -0.372 e. The maximum absolute atomic E-state index is 13.9. The zero-order valence-electron chi connectivity index (χ0n) is 11.3. The standard InChI is InChI=1S/C14H23FN2/c1-5-16-9-12-6-7-14(13(15)8-12)17(4)10-11(2)3/h6-8,11,16H,5,9-10H2,1-4H3. The van der Waals surface area contributed by atoms with Gasteiger partial charge in [0, 0.05) is 20.1 Å². The van der Waals surface area contributed by atoms with E-state index < -0.39 is 0 Å². The van der Waals surface area contributed by atoms with E-state index in [0.29, 0.717) is 11.6 Å². The molecule has 0 aromatic heterocycles. The summed E-state index contributed by atoms with van der Waals surface area (Å²) in [4.78, 5) is 1.97. The number of hydrogen-bond acceptors (Lipinski definition) is 2. The Hall–Kier alpha value is -1.09. The molecule has 0 fully saturated rings. The number of benzene rings is 1. The highest BCUT2D eigenvalue weighted by atomic mass is 19.1. The average Bonchev–Trinajstić information content (AvgIpc) is 2.25. The Morgan fingerprint density at radius 2 is 2.06 bits per heavy atom. The van der Waals surface area contributed by atoms with Gasteiger partial charge in [-0.05, 0) is 30.2 Å². The molecule has 2 nitrogen and oxygen atoms in total. The normalized spacial score (nSPS) is 10.9. The average molecular weight is 238 g/mol. The molecule has 0 atom stereocenters. The van der Waals surface area contributed by atoms with Crippen molar-refractivity contribution in [1.29, 1.82) is 0 Å². The zero-order valence-corrected chi connectivity index (χ0v) is 11.3. The van der Waals surface area contributed by atoms with E-state index in [2.05, 4.69) is 19.2 Å². The summed E-state index contributed by atoms with van der Waals surface area (Å²) in [6.45, 7) is 8.80. The number of anilines is 1. The molecule has 0 heterocycles. The lowest BCUT2D eigenvalue weighted by Crippen LogP contribution is -2.23. The van der Waals surface area contributed by atoms with Crippen LogP contribution in [-0.4, -0.2) is 20.1 Å². The Morgan fingerprint density at radius 3 is 2.59 bits per heavy atom. The van der Waals surface area contributed by atoms with E-state index >= 15 is 0 Å². The van der Waals surface area contributed by atoms with Crippen molar-refractivity contribution in [3.63, 3.8) is 0 Å². The molecule has 0 bridgehead atoms. The molecule has 0 amide bonds. The van der Waals surface area contributed by atoms with Gasteiger partial charge in [-0.15, -0.1) is 0 Å². The fourth-order valence-electron chi connectivity index (χ4n) is 1.89. The van der Waals surface area contributed by atoms with Gasteiger partial charge in [-0.2, -0.15) is 0 Å². The van der Waals surface area contributed by atoms with Gasteiger partial charge in [0.1, 0.15) is 5.82 Å². The molecule has 3 heteroatoms. The van der Waals surface area contributed by atoms with Gasteiger partial charge in [0.2, 0.25) is 0 Å². The predicted octanol–water partition coefficient (Wildman–Crippen LogP) is 3.03. The highest BCUT2D eigenvalue weighted by molar-refractivity contribution is 5.48. The van der Waals surface area contributed by atoms with E-state index in [4.69, 9.17) is 0 Å². The van der Waals surface area contributed by atoms with Crippen LogP contribution in [0.4, 0.5) is 10.1 Å². The summed E-state index contributed by atoms with van der Waals surface area (Å²) in [7, 11) is 1.93. The van der Waals surface area contributed by atoms with Crippen LogP contribution >= 0.6 is 0 Å². The highest BCUT2D eigenvalue weighted by Crippen LogP contribution is 2.20. The quantitative estimate of drug-likeness (QED) is 0.819. The molecule has 0 radical (unpaired) electrons. The van der Waals surface area contributed by atoms with Crippen molar-refractivity contribution in [1.82, 2.24) is 5.32 Å². The first-order chi connectivity index (χ1) is 8.04. The van der Waals surface area contributed by atoms with Gasteiger partial charge in [0.05, 0.1) is 5.69 Å². The van der Waals surface area contributed by atoms with E-state index in [1.165, 1.54) is 0 Å². The molecule has 0 aliphatic heterocycles. The van der Waals surface area contributed by atoms with Gasteiger partial charge >= 0.3 is 0 Å². The SMILES string of the molecule is CCNCc1ccc(N(C)CC(C)C)c(F)c1. The third-order valence-electron chi connectivity index (χ3n) is 2.64. The number of nitrogens with one attached hydrogen (secondary N) is 1. The highest BCUT2D eigenvalue weighted by Gasteiger charge is 2.09. The van der Waals surface area contributed by atoms with Crippen LogP contribution in [0.15, 0.2) is 18.2 Å². The van der Waals surface area contributed by atoms with Crippen molar-refractivity contribution >= 4 is 5.69 Å². The van der Waals surface area contributed by atoms with Gasteiger partial charge in [-0.3, -0.25) is 0 Å². The van der Waals surface area contributed by atoms with Crippen LogP contribution in [0.5, 0.6) is 0 Å². The molecule has 0 saturated heterocycles. The molecule has 0 spiro atoms. The van der Waals surface area contributed by atoms with Crippen molar-refractivity contribution < 1.29 is 4.39 Å². The summed E-state index contributed by atoms with van der Waals surface area (Å²) >= 11 is 0. The van der Waals surface area contributed by atoms with Crippen molar-refractivity contribution in [3.8, 4) is 0 Å². The summed E-state index contributed by atoms with van der Waals surface area (Å²) < 4.78 is 13.9. The summed E-state index contributed by atoms with van der Waals surface area (Å²) in [5.41, 5.74) is 1.67. The largest absolute Gasteiger partial charge is 0.372 e. The van der Waals surface area contributed by atoms with Crippen molar-refractivity contribution in [2.75, 3.05) is 25.0 Å². The second-order valence-corrected chi connectivity index (χ2v) is 4.84. The Bertz CT molecular complexity index is 350. The van der Waals surface area contributed by atoms with Crippen LogP contribution in [-0.2, 0) is 6.54 Å². The third kappa shape index (κ3) is 4.35. The number of halogens is 1. The maximum atomic E-state index is 13.9. The molecule has 1 aromatic rings. The minimum atomic E-state index is -0.136. The smallest absolute Gasteiger partial charge is 0.146 e. The first-order valence-electron chi connectivity index (χ1n) is 6.24. The van der Waals surface area contributed by atoms with E-state index in [1.807, 2.05) is 31.0 Å². The molecule has 1 N–H and O–H groups in total. The minimum absolute atomic E-state index is 0.136. The van der Waals surface area contributed by atoms with E-state index in [0.717, 1.165) is 25.2 Å². The van der Waals surface area contributed by atoms with E-state index in [-0.39, 0.29) is 5.82 Å². The van der Waals surface area contributed by atoms with Gasteiger partial charge in [0.25, 0.3) is 0 Å². The second kappa shape index (κ2) is 6.60. The molecule has 0 saturated carbocycles. The first kappa shape index (κ1) is 14.0. The molecule has 0 aliphatic carbocycles. The van der Waals surface area contributed by atoms with Gasteiger partial charge in [-0.25, -0.2) is 4.39 Å². The Balaban J connectivity index is 2.74. The topological polar surface area (TPSA) is 15.3 Å². The lowest BCUT2D eigenvalue weighted by atomic mass is 10.1. The molecule has 96 valence electrons. The summed E-state index contributed by atoms with van der Waals surface area (Å²) in [6.07, 6.45) is 0. The Kier molecular flexibility index (Phi) is 5.42. The summed E-state index contributed by atoms with van der Waals surface area (Å²) in [5.74, 6) is 0.393. The van der Waals surface area contributed by atoms with Crippen LogP contribution < -0.4 is 10.2 Å². The second-order valence-electron chi connectivity index (χ2n) is 4.84. The van der Waals surface area contributed by atoms with Crippen LogP contribution in [0.1, 0.15) is 26.3 Å². The van der Waals surface area contributed by atoms with Crippen molar-refractivity contribution in [2.24, 2.45) is 5.92 Å². The lowest BCUT2D eigenvalue weighted by molar-refractivity contribution is 0.596. The molecule has 0 unspecified atom stereocenters. The first-order valence-corrected chi connectivity index (χ1v) is 6.24. The third-order valence-corrected chi connectivity index (χ3v) is 2.64. The fourth-order valence-corrected chi connectivity index (χ4v) is 1.89. The molecule has 0 aliphatic rings. The van der Waals surface area contributed by atoms with Gasteiger partial charge < -0.3 is 10.2 Å². The Morgan fingerprint density at radius 1 is 1.35 bits per heavy atom. The zero-order chi connectivity index (χ0) is 12.8. The van der Waals surface area contributed by atoms with Crippen LogP contribution in [0.2, 0.25) is 0 Å². The summed E-state index contributed by atoms with van der Waals surface area (Å²) in [6, 6.07) is 5.47. The van der Waals surface area contributed by atoms with Crippen LogP contribution in [0, 0.1) is 11.7 Å². The molecular formula is C14H23FN2. The molecule has 1 aromatic carbocycles. The van der Waals surface area contributed by atoms with E-state index in [9.17, 15) is 4.39 Å². The van der Waals surface area contributed by atoms with Crippen LogP contribution in [0.25, 0.3) is 0 Å². The predicted molar refractivity (Wildman–Crippen MR) is 71.9 cm³/mol. The van der Waals surface area contributed by atoms with Crippen molar-refractivity contribution in [2.45, 2.75) is 27.3 Å². The lowest BCUT2D eigenvalue weighted by Gasteiger charge is -2.22. The van der Waals surface area contributed by atoms with Crippen LogP contribution in [0.3, 0.4) is 0 Å². The Labute approximate surface area is 104 Å². The molecule has 1 rings (SSSR count).